The van der Waals surface area contributed by atoms with E-state index in [1.165, 1.54) is 0 Å². The Balaban J connectivity index is 1.48. The number of carboxylic acids is 1. The normalized spacial score (nSPS) is 16.1. The summed E-state index contributed by atoms with van der Waals surface area (Å²) >= 11 is 0. The quantitative estimate of drug-likeness (QED) is 0.737. The molecule has 0 spiro atoms. The van der Waals surface area contributed by atoms with E-state index < -0.39 is 12.0 Å². The van der Waals surface area contributed by atoms with Crippen LogP contribution in [0.25, 0.3) is 5.69 Å². The van der Waals surface area contributed by atoms with Crippen molar-refractivity contribution < 1.29 is 9.90 Å². The largest absolute Gasteiger partial charge is 0.480 e. The van der Waals surface area contributed by atoms with Crippen LogP contribution in [0.2, 0.25) is 0 Å². The van der Waals surface area contributed by atoms with Crippen LogP contribution in [-0.4, -0.2) is 56.9 Å². The maximum absolute atomic E-state index is 12.0. The van der Waals surface area contributed by atoms with Gasteiger partial charge >= 0.3 is 5.97 Å². The fourth-order valence-electron chi connectivity index (χ4n) is 3.65. The van der Waals surface area contributed by atoms with E-state index in [4.69, 9.17) is 0 Å². The monoisotopic (exact) mass is 377 g/mol. The first-order valence-corrected chi connectivity index (χ1v) is 9.37. The maximum Gasteiger partial charge on any atom is 0.325 e. The Morgan fingerprint density at radius 1 is 1.04 bits per heavy atom. The van der Waals surface area contributed by atoms with E-state index in [9.17, 15) is 9.90 Å². The van der Waals surface area contributed by atoms with Gasteiger partial charge in [0.1, 0.15) is 11.9 Å². The molecule has 1 saturated heterocycles. The molecule has 1 aliphatic rings. The zero-order valence-electron chi connectivity index (χ0n) is 15.8. The number of hydrogen-bond acceptors (Lipinski definition) is 5. The minimum Gasteiger partial charge on any atom is -0.480 e. The van der Waals surface area contributed by atoms with E-state index in [1.807, 2.05) is 66.6 Å². The van der Waals surface area contributed by atoms with Crippen LogP contribution in [0.15, 0.2) is 60.9 Å². The molecule has 0 bridgehead atoms. The van der Waals surface area contributed by atoms with E-state index in [2.05, 4.69) is 15.0 Å². The van der Waals surface area contributed by atoms with Crippen molar-refractivity contribution >= 4 is 11.8 Å². The summed E-state index contributed by atoms with van der Waals surface area (Å²) in [6, 6.07) is 14.8. The van der Waals surface area contributed by atoms with E-state index >= 15 is 0 Å². The lowest BCUT2D eigenvalue weighted by Gasteiger charge is -2.38. The number of aromatic nitrogens is 3. The van der Waals surface area contributed by atoms with Gasteiger partial charge in [-0.25, -0.2) is 9.67 Å². The minimum absolute atomic E-state index is 0.653. The third kappa shape index (κ3) is 3.75. The Morgan fingerprint density at radius 2 is 1.79 bits per heavy atom. The number of pyridine rings is 1. The molecule has 2 aromatic heterocycles. The molecule has 144 valence electrons. The van der Waals surface area contributed by atoms with Gasteiger partial charge in [-0.15, -0.1) is 0 Å². The van der Waals surface area contributed by atoms with Crippen LogP contribution in [-0.2, 0) is 4.79 Å². The molecule has 3 heterocycles. The highest BCUT2D eigenvalue weighted by Gasteiger charge is 2.30. The summed E-state index contributed by atoms with van der Waals surface area (Å²) in [5.41, 5.74) is 2.68. The lowest BCUT2D eigenvalue weighted by atomic mass is 10.0. The second-order valence-corrected chi connectivity index (χ2v) is 6.94. The number of piperazine rings is 1. The van der Waals surface area contributed by atoms with Gasteiger partial charge < -0.3 is 10.0 Å². The summed E-state index contributed by atoms with van der Waals surface area (Å²) in [4.78, 5) is 20.8. The SMILES string of the molecule is Cc1cccc(N2CCN([C@H](C(=O)O)c3ccc(-n4cccn4)cc3)CC2)n1. The predicted molar refractivity (Wildman–Crippen MR) is 107 cm³/mol. The zero-order chi connectivity index (χ0) is 19.5. The van der Waals surface area contributed by atoms with Gasteiger partial charge in [0.2, 0.25) is 0 Å². The summed E-state index contributed by atoms with van der Waals surface area (Å²) in [7, 11) is 0. The number of hydrogen-bond donors (Lipinski definition) is 1. The first-order valence-electron chi connectivity index (χ1n) is 9.37. The summed E-state index contributed by atoms with van der Waals surface area (Å²) < 4.78 is 1.76. The molecule has 0 radical (unpaired) electrons. The minimum atomic E-state index is -0.825. The van der Waals surface area contributed by atoms with Crippen LogP contribution in [0.5, 0.6) is 0 Å². The van der Waals surface area contributed by atoms with Crippen LogP contribution in [0.3, 0.4) is 0 Å². The average molecular weight is 377 g/mol. The summed E-state index contributed by atoms with van der Waals surface area (Å²) in [6.07, 6.45) is 3.58. The Labute approximate surface area is 163 Å². The highest BCUT2D eigenvalue weighted by atomic mass is 16.4. The van der Waals surface area contributed by atoms with Gasteiger partial charge in [-0.05, 0) is 42.8 Å². The number of anilines is 1. The fraction of sp³-hybridized carbons (Fsp3) is 0.286. The topological polar surface area (TPSA) is 74.5 Å². The lowest BCUT2D eigenvalue weighted by molar-refractivity contribution is -0.143. The second kappa shape index (κ2) is 7.82. The smallest absolute Gasteiger partial charge is 0.325 e. The van der Waals surface area contributed by atoms with Crippen molar-refractivity contribution in [2.24, 2.45) is 0 Å². The molecule has 1 aromatic carbocycles. The molecular weight excluding hydrogens is 354 g/mol. The van der Waals surface area contributed by atoms with Gasteiger partial charge in [-0.1, -0.05) is 18.2 Å². The Morgan fingerprint density at radius 3 is 2.39 bits per heavy atom. The molecule has 4 rings (SSSR count). The van der Waals surface area contributed by atoms with Crippen LogP contribution in [0.1, 0.15) is 17.3 Å². The van der Waals surface area contributed by atoms with Crippen molar-refractivity contribution in [1.82, 2.24) is 19.7 Å². The first-order chi connectivity index (χ1) is 13.6. The van der Waals surface area contributed by atoms with Gasteiger partial charge in [-0.3, -0.25) is 9.69 Å². The zero-order valence-corrected chi connectivity index (χ0v) is 15.8. The van der Waals surface area contributed by atoms with Gasteiger partial charge in [0.25, 0.3) is 0 Å². The molecule has 0 aliphatic carbocycles. The van der Waals surface area contributed by atoms with Crippen molar-refractivity contribution in [3.05, 3.63) is 72.2 Å². The second-order valence-electron chi connectivity index (χ2n) is 6.94. The number of benzene rings is 1. The van der Waals surface area contributed by atoms with Crippen molar-refractivity contribution in [1.29, 1.82) is 0 Å². The molecule has 7 nitrogen and oxygen atoms in total. The molecule has 0 saturated carbocycles. The molecule has 28 heavy (non-hydrogen) atoms. The highest BCUT2D eigenvalue weighted by molar-refractivity contribution is 5.75. The molecule has 1 N–H and O–H groups in total. The lowest BCUT2D eigenvalue weighted by Crippen LogP contribution is -2.49. The van der Waals surface area contributed by atoms with Crippen molar-refractivity contribution in [3.63, 3.8) is 0 Å². The molecule has 1 fully saturated rings. The predicted octanol–water partition coefficient (Wildman–Crippen LogP) is 2.52. The van der Waals surface area contributed by atoms with Crippen molar-refractivity contribution in [2.45, 2.75) is 13.0 Å². The third-order valence-electron chi connectivity index (χ3n) is 5.09. The van der Waals surface area contributed by atoms with E-state index in [-0.39, 0.29) is 0 Å². The first kappa shape index (κ1) is 18.2. The Bertz CT molecular complexity index is 932. The van der Waals surface area contributed by atoms with E-state index in [0.29, 0.717) is 13.1 Å². The van der Waals surface area contributed by atoms with Crippen LogP contribution < -0.4 is 4.90 Å². The number of carbonyl (C=O) groups is 1. The molecule has 0 unspecified atom stereocenters. The number of carboxylic acid groups (broad SMARTS) is 1. The highest BCUT2D eigenvalue weighted by Crippen LogP contribution is 2.25. The van der Waals surface area contributed by atoms with E-state index in [1.54, 1.807) is 10.9 Å². The van der Waals surface area contributed by atoms with Gasteiger partial charge in [-0.2, -0.15) is 5.10 Å². The molecule has 7 heteroatoms. The number of aryl methyl sites for hydroxylation is 1. The van der Waals surface area contributed by atoms with Gasteiger partial charge in [0.05, 0.1) is 5.69 Å². The Hall–Kier alpha value is -3.19. The maximum atomic E-state index is 12.0. The number of nitrogens with zero attached hydrogens (tertiary/aromatic N) is 5. The fourth-order valence-corrected chi connectivity index (χ4v) is 3.65. The molecular formula is C21H23N5O2. The summed E-state index contributed by atoms with van der Waals surface area (Å²) in [6.45, 7) is 4.84. The van der Waals surface area contributed by atoms with Crippen LogP contribution in [0, 0.1) is 6.92 Å². The van der Waals surface area contributed by atoms with Gasteiger partial charge in [0.15, 0.2) is 0 Å². The third-order valence-corrected chi connectivity index (χ3v) is 5.09. The average Bonchev–Trinajstić information content (AvgIpc) is 3.24. The van der Waals surface area contributed by atoms with E-state index in [0.717, 1.165) is 35.9 Å². The summed E-state index contributed by atoms with van der Waals surface area (Å²) in [5, 5.41) is 14.1. The van der Waals surface area contributed by atoms with Crippen molar-refractivity contribution in [2.75, 3.05) is 31.1 Å². The standard InChI is InChI=1S/C21H23N5O2/c1-16-4-2-5-19(23-16)24-12-14-25(15-13-24)20(21(27)28)17-6-8-18(9-7-17)26-11-3-10-22-26/h2-11,20H,12-15H2,1H3,(H,27,28)/t20-/m0/s1. The summed E-state index contributed by atoms with van der Waals surface area (Å²) in [5.74, 6) is 0.129. The Kier molecular flexibility index (Phi) is 5.08. The number of aliphatic carboxylic acids is 1. The molecule has 1 atom stereocenters. The number of rotatable bonds is 5. The van der Waals surface area contributed by atoms with Crippen LogP contribution >= 0.6 is 0 Å². The van der Waals surface area contributed by atoms with Crippen LogP contribution in [0.4, 0.5) is 5.82 Å². The molecule has 1 aliphatic heterocycles. The molecule has 3 aromatic rings. The molecule has 0 amide bonds. The van der Waals surface area contributed by atoms with Crippen molar-refractivity contribution in [3.8, 4) is 5.69 Å². The van der Waals surface area contributed by atoms with Gasteiger partial charge in [0, 0.05) is 44.3 Å².